The maximum atomic E-state index is 11.8. The number of nitrogens with two attached hydrogens (primary N) is 3. The minimum atomic E-state index is -0.400. The van der Waals surface area contributed by atoms with Crippen LogP contribution in [0.15, 0.2) is 66.1 Å². The Morgan fingerprint density at radius 1 is 1.12 bits per heavy atom. The number of para-hydroxylation sites is 1. The maximum absolute atomic E-state index is 11.8. The predicted molar refractivity (Wildman–Crippen MR) is 122 cm³/mol. The predicted octanol–water partition coefficient (Wildman–Crippen LogP) is 1.41. The lowest BCUT2D eigenvalue weighted by Crippen LogP contribution is -2.51. The number of morpholine rings is 1. The van der Waals surface area contributed by atoms with Crippen LogP contribution in [0, 0.1) is 0 Å². The highest BCUT2D eigenvalue weighted by molar-refractivity contribution is 5.89. The van der Waals surface area contributed by atoms with Gasteiger partial charge in [0, 0.05) is 17.8 Å². The van der Waals surface area contributed by atoms with Gasteiger partial charge in [-0.15, -0.1) is 0 Å². The number of aromatic hydroxyl groups is 1. The fourth-order valence-corrected chi connectivity index (χ4v) is 4.20. The van der Waals surface area contributed by atoms with Gasteiger partial charge in [0.15, 0.2) is 0 Å². The molecular formula is C24H28N4O5. The number of rotatable bonds is 5. The van der Waals surface area contributed by atoms with Crippen LogP contribution < -0.4 is 17.2 Å². The van der Waals surface area contributed by atoms with Gasteiger partial charge in [0.1, 0.15) is 23.8 Å². The number of nitrogens with zero attached hydrogens (tertiary/aromatic N) is 1. The fraction of sp³-hybridized carbons (Fsp3) is 0.292. The minimum Gasteiger partial charge on any atom is -0.507 e. The topological polar surface area (TPSA) is 146 Å². The number of fused-ring (bicyclic) bond motifs is 1. The van der Waals surface area contributed by atoms with E-state index in [0.717, 1.165) is 5.56 Å². The summed E-state index contributed by atoms with van der Waals surface area (Å²) in [4.78, 5) is 13.8. The monoisotopic (exact) mass is 452 g/mol. The standard InChI is InChI=1S/C24H28N4O5/c1-31-24(30)15-8-6-14(7-9-15)21-11-28(19-12-32-13-22(19)33-21)18(23(26)27)10-17(25)16-4-2-3-5-20(16)29/h2-10,19,21-22,29H,11-13,25-27H2,1H3/b17-10-. The van der Waals surface area contributed by atoms with Crippen LogP contribution in [0.2, 0.25) is 0 Å². The molecule has 0 saturated carbocycles. The van der Waals surface area contributed by atoms with E-state index in [1.807, 2.05) is 17.0 Å². The lowest BCUT2D eigenvalue weighted by Gasteiger charge is -2.43. The summed E-state index contributed by atoms with van der Waals surface area (Å²) >= 11 is 0. The van der Waals surface area contributed by atoms with Crippen molar-refractivity contribution in [2.75, 3.05) is 26.9 Å². The van der Waals surface area contributed by atoms with E-state index in [9.17, 15) is 9.90 Å². The number of ether oxygens (including phenoxy) is 3. The highest BCUT2D eigenvalue weighted by atomic mass is 16.6. The third-order valence-corrected chi connectivity index (χ3v) is 5.92. The molecule has 0 aromatic heterocycles. The Balaban J connectivity index is 1.65. The van der Waals surface area contributed by atoms with Crippen LogP contribution >= 0.6 is 0 Å². The summed E-state index contributed by atoms with van der Waals surface area (Å²) in [5.41, 5.74) is 21.2. The van der Waals surface area contributed by atoms with E-state index < -0.39 is 5.97 Å². The van der Waals surface area contributed by atoms with E-state index >= 15 is 0 Å². The van der Waals surface area contributed by atoms with E-state index in [1.165, 1.54) is 7.11 Å². The van der Waals surface area contributed by atoms with Crippen LogP contribution in [-0.2, 0) is 14.2 Å². The molecule has 2 aromatic carbocycles. The molecule has 2 aliphatic heterocycles. The SMILES string of the molecule is COC(=O)c1ccc(C2CN(C(/C=C(\N)c3ccccc3O)=C(N)N)C3COCC3O2)cc1. The van der Waals surface area contributed by atoms with Gasteiger partial charge >= 0.3 is 5.97 Å². The number of phenolic OH excluding ortho intramolecular Hbond substituents is 1. The Kier molecular flexibility index (Phi) is 6.43. The molecule has 0 aliphatic carbocycles. The van der Waals surface area contributed by atoms with E-state index in [0.29, 0.717) is 42.3 Å². The van der Waals surface area contributed by atoms with Crippen LogP contribution in [0.25, 0.3) is 5.70 Å². The molecule has 9 heteroatoms. The van der Waals surface area contributed by atoms with E-state index in [1.54, 1.807) is 42.5 Å². The Bertz CT molecular complexity index is 1080. The second-order valence-electron chi connectivity index (χ2n) is 7.99. The second-order valence-corrected chi connectivity index (χ2v) is 7.99. The van der Waals surface area contributed by atoms with Crippen LogP contribution in [0.5, 0.6) is 5.75 Å². The third kappa shape index (κ3) is 4.59. The molecule has 0 radical (unpaired) electrons. The Morgan fingerprint density at radius 3 is 2.52 bits per heavy atom. The third-order valence-electron chi connectivity index (χ3n) is 5.92. The molecule has 0 spiro atoms. The number of benzene rings is 2. The zero-order valence-corrected chi connectivity index (χ0v) is 18.3. The lowest BCUT2D eigenvalue weighted by atomic mass is 10.0. The van der Waals surface area contributed by atoms with Crippen molar-refractivity contribution >= 4 is 11.7 Å². The van der Waals surface area contributed by atoms with Crippen molar-refractivity contribution in [2.24, 2.45) is 17.2 Å². The number of carbonyl (C=O) groups is 1. The molecule has 2 aliphatic rings. The number of hydrogen-bond acceptors (Lipinski definition) is 9. The number of carbonyl (C=O) groups excluding carboxylic acids is 1. The van der Waals surface area contributed by atoms with Gasteiger partial charge in [-0.1, -0.05) is 24.3 Å². The number of phenols is 1. The zero-order chi connectivity index (χ0) is 23.5. The molecule has 174 valence electrons. The molecule has 2 heterocycles. The Morgan fingerprint density at radius 2 is 1.85 bits per heavy atom. The van der Waals surface area contributed by atoms with Crippen molar-refractivity contribution in [3.05, 3.63) is 82.8 Å². The molecule has 0 bridgehead atoms. The van der Waals surface area contributed by atoms with Gasteiger partial charge in [-0.3, -0.25) is 0 Å². The van der Waals surface area contributed by atoms with Crippen LogP contribution in [0.1, 0.15) is 27.6 Å². The first kappa shape index (κ1) is 22.5. The van der Waals surface area contributed by atoms with Gasteiger partial charge in [0.25, 0.3) is 0 Å². The molecule has 2 fully saturated rings. The highest BCUT2D eigenvalue weighted by Gasteiger charge is 2.42. The smallest absolute Gasteiger partial charge is 0.337 e. The highest BCUT2D eigenvalue weighted by Crippen LogP contribution is 2.35. The van der Waals surface area contributed by atoms with Crippen molar-refractivity contribution in [1.82, 2.24) is 4.90 Å². The summed E-state index contributed by atoms with van der Waals surface area (Å²) in [6.45, 7) is 1.34. The second kappa shape index (κ2) is 9.43. The average Bonchev–Trinajstić information content (AvgIpc) is 3.30. The fourth-order valence-electron chi connectivity index (χ4n) is 4.20. The Hall–Kier alpha value is -3.69. The number of allylic oxidation sites excluding steroid dienone is 1. The van der Waals surface area contributed by atoms with Crippen LogP contribution in [0.3, 0.4) is 0 Å². The molecule has 4 rings (SSSR count). The molecule has 9 nitrogen and oxygen atoms in total. The van der Waals surface area contributed by atoms with Gasteiger partial charge in [-0.2, -0.15) is 0 Å². The normalized spacial score (nSPS) is 22.5. The number of methoxy groups -OCH3 is 1. The minimum absolute atomic E-state index is 0.0637. The number of esters is 1. The molecule has 7 N–H and O–H groups in total. The molecular weight excluding hydrogens is 424 g/mol. The van der Waals surface area contributed by atoms with Crippen LogP contribution in [0.4, 0.5) is 0 Å². The first-order valence-corrected chi connectivity index (χ1v) is 10.6. The molecule has 3 unspecified atom stereocenters. The first-order valence-electron chi connectivity index (χ1n) is 10.6. The van der Waals surface area contributed by atoms with Gasteiger partial charge in [-0.25, -0.2) is 4.79 Å². The van der Waals surface area contributed by atoms with E-state index in [2.05, 4.69) is 0 Å². The molecule has 0 amide bonds. The van der Waals surface area contributed by atoms with Gasteiger partial charge in [0.2, 0.25) is 0 Å². The van der Waals surface area contributed by atoms with E-state index in [-0.39, 0.29) is 29.8 Å². The van der Waals surface area contributed by atoms with Gasteiger partial charge in [0.05, 0.1) is 37.6 Å². The molecule has 33 heavy (non-hydrogen) atoms. The first-order chi connectivity index (χ1) is 15.9. The maximum Gasteiger partial charge on any atom is 0.337 e. The summed E-state index contributed by atoms with van der Waals surface area (Å²) in [5, 5.41) is 10.2. The molecule has 2 aromatic rings. The van der Waals surface area contributed by atoms with Gasteiger partial charge in [-0.05, 0) is 35.9 Å². The van der Waals surface area contributed by atoms with Crippen molar-refractivity contribution < 1.29 is 24.1 Å². The van der Waals surface area contributed by atoms with Crippen LogP contribution in [-0.4, -0.2) is 55.0 Å². The van der Waals surface area contributed by atoms with Crippen molar-refractivity contribution in [2.45, 2.75) is 18.2 Å². The van der Waals surface area contributed by atoms with Crippen molar-refractivity contribution in [3.63, 3.8) is 0 Å². The quantitative estimate of drug-likeness (QED) is 0.390. The van der Waals surface area contributed by atoms with E-state index in [4.69, 9.17) is 31.4 Å². The molecule has 2 saturated heterocycles. The Labute approximate surface area is 192 Å². The zero-order valence-electron chi connectivity index (χ0n) is 18.3. The summed E-state index contributed by atoms with van der Waals surface area (Å²) in [5.74, 6) is -0.238. The van der Waals surface area contributed by atoms with Crippen molar-refractivity contribution in [3.8, 4) is 5.75 Å². The average molecular weight is 453 g/mol. The lowest BCUT2D eigenvalue weighted by molar-refractivity contribution is -0.0921. The van der Waals surface area contributed by atoms with Crippen molar-refractivity contribution in [1.29, 1.82) is 0 Å². The number of hydrogen-bond donors (Lipinski definition) is 4. The largest absolute Gasteiger partial charge is 0.507 e. The summed E-state index contributed by atoms with van der Waals surface area (Å²) < 4.78 is 16.8. The molecule has 3 atom stereocenters. The van der Waals surface area contributed by atoms with Gasteiger partial charge < -0.3 is 41.4 Å². The summed E-state index contributed by atoms with van der Waals surface area (Å²) in [7, 11) is 1.35. The summed E-state index contributed by atoms with van der Waals surface area (Å²) in [6.07, 6.45) is 1.16. The summed E-state index contributed by atoms with van der Waals surface area (Å²) in [6, 6.07) is 13.8.